The van der Waals surface area contributed by atoms with Crippen LogP contribution in [0.15, 0.2) is 73.3 Å². The van der Waals surface area contributed by atoms with Crippen LogP contribution in [0.1, 0.15) is 18.1 Å². The Morgan fingerprint density at radius 3 is 1.96 bits per heavy atom. The summed E-state index contributed by atoms with van der Waals surface area (Å²) in [7, 11) is 0. The van der Waals surface area contributed by atoms with Gasteiger partial charge in [0.25, 0.3) is 0 Å². The molecule has 2 aromatic carbocycles. The third-order valence-electron chi connectivity index (χ3n) is 4.71. The SMILES string of the molecule is C=CCO[C@@H]1O[C@@H](C)[C@@H](O)[C@@H](OCc2ccccc2)[C@@H]1OCc1ccccc1. The summed E-state index contributed by atoms with van der Waals surface area (Å²) in [5, 5.41) is 10.7. The summed E-state index contributed by atoms with van der Waals surface area (Å²) in [6.07, 6.45) is -1.41. The maximum Gasteiger partial charge on any atom is 0.187 e. The van der Waals surface area contributed by atoms with E-state index < -0.39 is 30.7 Å². The molecule has 0 radical (unpaired) electrons. The molecule has 1 aliphatic heterocycles. The van der Waals surface area contributed by atoms with Gasteiger partial charge in [0.2, 0.25) is 0 Å². The van der Waals surface area contributed by atoms with Gasteiger partial charge in [-0.25, -0.2) is 0 Å². The van der Waals surface area contributed by atoms with E-state index in [2.05, 4.69) is 6.58 Å². The van der Waals surface area contributed by atoms with Crippen molar-refractivity contribution in [2.45, 2.75) is 50.8 Å². The van der Waals surface area contributed by atoms with Gasteiger partial charge >= 0.3 is 0 Å². The molecule has 0 saturated carbocycles. The van der Waals surface area contributed by atoms with Crippen LogP contribution >= 0.6 is 0 Å². The van der Waals surface area contributed by atoms with E-state index in [1.165, 1.54) is 0 Å². The summed E-state index contributed by atoms with van der Waals surface area (Å²) in [6.45, 7) is 6.56. The van der Waals surface area contributed by atoms with Crippen LogP contribution in [0, 0.1) is 0 Å². The van der Waals surface area contributed by atoms with E-state index in [0.717, 1.165) is 11.1 Å². The molecule has 1 saturated heterocycles. The number of aliphatic hydroxyl groups is 1. The van der Waals surface area contributed by atoms with E-state index in [1.54, 1.807) is 13.0 Å². The van der Waals surface area contributed by atoms with E-state index >= 15 is 0 Å². The summed E-state index contributed by atoms with van der Waals surface area (Å²) in [5.41, 5.74) is 2.05. The Morgan fingerprint density at radius 1 is 0.893 bits per heavy atom. The zero-order valence-corrected chi connectivity index (χ0v) is 16.1. The van der Waals surface area contributed by atoms with Crippen molar-refractivity contribution in [3.05, 3.63) is 84.4 Å². The molecule has 3 rings (SSSR count). The van der Waals surface area contributed by atoms with Gasteiger partial charge in [0.1, 0.15) is 18.3 Å². The lowest BCUT2D eigenvalue weighted by Crippen LogP contribution is -2.59. The Bertz CT molecular complexity index is 705. The Hall–Kier alpha value is -2.02. The van der Waals surface area contributed by atoms with Gasteiger partial charge in [-0.1, -0.05) is 66.7 Å². The molecule has 1 aliphatic rings. The second-order valence-electron chi connectivity index (χ2n) is 6.84. The molecule has 5 heteroatoms. The highest BCUT2D eigenvalue weighted by Gasteiger charge is 2.45. The molecule has 1 fully saturated rings. The van der Waals surface area contributed by atoms with E-state index in [1.807, 2.05) is 60.7 Å². The van der Waals surface area contributed by atoms with Crippen molar-refractivity contribution < 1.29 is 24.1 Å². The first-order chi connectivity index (χ1) is 13.7. The quantitative estimate of drug-likeness (QED) is 0.671. The molecule has 1 N–H and O–H groups in total. The normalized spacial score (nSPS) is 27.4. The second-order valence-corrected chi connectivity index (χ2v) is 6.84. The summed E-state index contributed by atoms with van der Waals surface area (Å²) < 4.78 is 23.9. The average Bonchev–Trinajstić information content (AvgIpc) is 2.74. The van der Waals surface area contributed by atoms with Gasteiger partial charge in [0.15, 0.2) is 6.29 Å². The van der Waals surface area contributed by atoms with Crippen LogP contribution in [0.5, 0.6) is 0 Å². The van der Waals surface area contributed by atoms with Gasteiger partial charge in [-0.05, 0) is 18.1 Å². The fraction of sp³-hybridized carbons (Fsp3) is 0.391. The fourth-order valence-corrected chi connectivity index (χ4v) is 3.18. The van der Waals surface area contributed by atoms with Crippen molar-refractivity contribution in [1.29, 1.82) is 0 Å². The molecule has 5 atom stereocenters. The van der Waals surface area contributed by atoms with Crippen molar-refractivity contribution in [3.63, 3.8) is 0 Å². The monoisotopic (exact) mass is 384 g/mol. The molecule has 5 nitrogen and oxygen atoms in total. The number of rotatable bonds is 9. The predicted octanol–water partition coefficient (Wildman–Crippen LogP) is 3.47. The first-order valence-electron chi connectivity index (χ1n) is 9.56. The number of benzene rings is 2. The molecular formula is C23H28O5. The van der Waals surface area contributed by atoms with Gasteiger partial charge in [-0.2, -0.15) is 0 Å². The van der Waals surface area contributed by atoms with Crippen LogP contribution in [0.2, 0.25) is 0 Å². The maximum absolute atomic E-state index is 10.7. The molecule has 0 bridgehead atoms. The molecule has 0 spiro atoms. The largest absolute Gasteiger partial charge is 0.388 e. The Labute approximate surface area is 166 Å². The molecule has 28 heavy (non-hydrogen) atoms. The van der Waals surface area contributed by atoms with Crippen molar-refractivity contribution in [2.75, 3.05) is 6.61 Å². The minimum absolute atomic E-state index is 0.323. The van der Waals surface area contributed by atoms with Crippen LogP contribution < -0.4 is 0 Å². The highest BCUT2D eigenvalue weighted by Crippen LogP contribution is 2.28. The topological polar surface area (TPSA) is 57.2 Å². The minimum Gasteiger partial charge on any atom is -0.388 e. The van der Waals surface area contributed by atoms with Crippen LogP contribution in [0.25, 0.3) is 0 Å². The van der Waals surface area contributed by atoms with Crippen molar-refractivity contribution >= 4 is 0 Å². The summed E-state index contributed by atoms with van der Waals surface area (Å²) in [5.74, 6) is 0. The molecule has 0 unspecified atom stereocenters. The highest BCUT2D eigenvalue weighted by atomic mass is 16.7. The highest BCUT2D eigenvalue weighted by molar-refractivity contribution is 5.14. The molecular weight excluding hydrogens is 356 g/mol. The number of hydrogen-bond donors (Lipinski definition) is 1. The fourth-order valence-electron chi connectivity index (χ4n) is 3.18. The minimum atomic E-state index is -0.826. The Kier molecular flexibility index (Phi) is 7.77. The maximum atomic E-state index is 10.7. The molecule has 1 heterocycles. The standard InChI is InChI=1S/C23H28O5/c1-3-14-25-23-22(27-16-19-12-8-5-9-13-19)21(20(24)17(2)28-23)26-15-18-10-6-4-7-11-18/h3-13,17,20-24H,1,14-16H2,2H3/t17-,20+,21+,22-,23+/m0/s1. The Balaban J connectivity index is 1.74. The zero-order chi connectivity index (χ0) is 19.8. The van der Waals surface area contributed by atoms with E-state index in [4.69, 9.17) is 18.9 Å². The van der Waals surface area contributed by atoms with Gasteiger partial charge in [0.05, 0.1) is 25.9 Å². The van der Waals surface area contributed by atoms with Crippen LogP contribution in [-0.2, 0) is 32.2 Å². The lowest BCUT2D eigenvalue weighted by atomic mass is 9.99. The predicted molar refractivity (Wildman–Crippen MR) is 107 cm³/mol. The molecule has 2 aromatic rings. The summed E-state index contributed by atoms with van der Waals surface area (Å²) in [4.78, 5) is 0. The zero-order valence-electron chi connectivity index (χ0n) is 16.1. The molecule has 150 valence electrons. The summed E-state index contributed by atoms with van der Waals surface area (Å²) in [6, 6.07) is 19.7. The van der Waals surface area contributed by atoms with Gasteiger partial charge in [-0.3, -0.25) is 0 Å². The van der Waals surface area contributed by atoms with Gasteiger partial charge < -0.3 is 24.1 Å². The second kappa shape index (κ2) is 10.5. The third-order valence-corrected chi connectivity index (χ3v) is 4.71. The molecule has 0 amide bonds. The Morgan fingerprint density at radius 2 is 1.43 bits per heavy atom. The van der Waals surface area contributed by atoms with Gasteiger partial charge in [-0.15, -0.1) is 6.58 Å². The summed E-state index contributed by atoms with van der Waals surface area (Å²) >= 11 is 0. The van der Waals surface area contributed by atoms with Crippen LogP contribution in [-0.4, -0.2) is 42.4 Å². The van der Waals surface area contributed by atoms with Crippen LogP contribution in [0.4, 0.5) is 0 Å². The third kappa shape index (κ3) is 5.50. The van der Waals surface area contributed by atoms with E-state index in [-0.39, 0.29) is 0 Å². The van der Waals surface area contributed by atoms with E-state index in [0.29, 0.717) is 19.8 Å². The molecule has 0 aliphatic carbocycles. The lowest BCUT2D eigenvalue weighted by Gasteiger charge is -2.43. The first kappa shape index (κ1) is 20.7. The first-order valence-corrected chi connectivity index (χ1v) is 9.56. The lowest BCUT2D eigenvalue weighted by molar-refractivity contribution is -0.310. The van der Waals surface area contributed by atoms with E-state index in [9.17, 15) is 5.11 Å². The van der Waals surface area contributed by atoms with Crippen molar-refractivity contribution in [2.24, 2.45) is 0 Å². The smallest absolute Gasteiger partial charge is 0.187 e. The van der Waals surface area contributed by atoms with Crippen molar-refractivity contribution in [1.82, 2.24) is 0 Å². The number of hydrogen-bond acceptors (Lipinski definition) is 5. The van der Waals surface area contributed by atoms with Crippen molar-refractivity contribution in [3.8, 4) is 0 Å². The number of ether oxygens (including phenoxy) is 4. The van der Waals surface area contributed by atoms with Gasteiger partial charge in [0, 0.05) is 0 Å². The number of aliphatic hydroxyl groups excluding tert-OH is 1. The van der Waals surface area contributed by atoms with Crippen LogP contribution in [0.3, 0.4) is 0 Å². The molecule has 0 aromatic heterocycles. The average molecular weight is 384 g/mol.